The SMILES string of the molecule is Cc1cc(NC(=O)N2CC[C@@H](CSc3ccccc3)C2)no1. The van der Waals surface area contributed by atoms with Crippen molar-refractivity contribution in [3.05, 3.63) is 42.2 Å². The van der Waals surface area contributed by atoms with Crippen LogP contribution in [0, 0.1) is 12.8 Å². The maximum absolute atomic E-state index is 12.2. The lowest BCUT2D eigenvalue weighted by atomic mass is 10.2. The Labute approximate surface area is 134 Å². The first-order chi connectivity index (χ1) is 10.7. The number of aromatic nitrogens is 1. The largest absolute Gasteiger partial charge is 0.360 e. The van der Waals surface area contributed by atoms with Gasteiger partial charge in [0.05, 0.1) is 0 Å². The number of hydrogen-bond acceptors (Lipinski definition) is 4. The highest BCUT2D eigenvalue weighted by molar-refractivity contribution is 7.99. The summed E-state index contributed by atoms with van der Waals surface area (Å²) in [6, 6.07) is 12.0. The predicted molar refractivity (Wildman–Crippen MR) is 87.1 cm³/mol. The normalized spacial score (nSPS) is 17.7. The summed E-state index contributed by atoms with van der Waals surface area (Å²) in [6.07, 6.45) is 1.05. The lowest BCUT2D eigenvalue weighted by Gasteiger charge is -2.16. The molecule has 5 nitrogen and oxygen atoms in total. The minimum Gasteiger partial charge on any atom is -0.360 e. The molecule has 3 rings (SSSR count). The molecule has 0 saturated carbocycles. The van der Waals surface area contributed by atoms with Crippen LogP contribution < -0.4 is 5.32 Å². The number of urea groups is 1. The number of carbonyl (C=O) groups excluding carboxylic acids is 1. The molecule has 0 radical (unpaired) electrons. The summed E-state index contributed by atoms with van der Waals surface area (Å²) in [4.78, 5) is 15.3. The fraction of sp³-hybridized carbons (Fsp3) is 0.375. The highest BCUT2D eigenvalue weighted by atomic mass is 32.2. The molecule has 1 atom stereocenters. The van der Waals surface area contributed by atoms with Crippen LogP contribution in [0.1, 0.15) is 12.2 Å². The van der Waals surface area contributed by atoms with E-state index in [0.29, 0.717) is 17.5 Å². The van der Waals surface area contributed by atoms with Gasteiger partial charge in [0.25, 0.3) is 0 Å². The maximum atomic E-state index is 12.2. The molecule has 0 bridgehead atoms. The molecule has 1 aromatic heterocycles. The molecule has 0 unspecified atom stereocenters. The topological polar surface area (TPSA) is 58.4 Å². The van der Waals surface area contributed by atoms with Crippen molar-refractivity contribution >= 4 is 23.6 Å². The molecular formula is C16H19N3O2S. The monoisotopic (exact) mass is 317 g/mol. The molecule has 22 heavy (non-hydrogen) atoms. The molecule has 0 spiro atoms. The number of carbonyl (C=O) groups is 1. The molecule has 1 aromatic carbocycles. The average Bonchev–Trinajstić information content (AvgIpc) is 3.15. The van der Waals surface area contributed by atoms with Crippen molar-refractivity contribution in [3.8, 4) is 0 Å². The summed E-state index contributed by atoms with van der Waals surface area (Å²) in [7, 11) is 0. The summed E-state index contributed by atoms with van der Waals surface area (Å²) in [5, 5.41) is 6.56. The van der Waals surface area contributed by atoms with E-state index >= 15 is 0 Å². The molecule has 1 saturated heterocycles. The van der Waals surface area contributed by atoms with E-state index in [-0.39, 0.29) is 6.03 Å². The number of nitrogens with zero attached hydrogens (tertiary/aromatic N) is 2. The summed E-state index contributed by atoms with van der Waals surface area (Å²) in [5.41, 5.74) is 0. The zero-order chi connectivity index (χ0) is 15.4. The summed E-state index contributed by atoms with van der Waals surface area (Å²) in [5.74, 6) is 2.74. The van der Waals surface area contributed by atoms with Crippen molar-refractivity contribution in [1.82, 2.24) is 10.1 Å². The van der Waals surface area contributed by atoms with Crippen LogP contribution in [0.3, 0.4) is 0 Å². The number of anilines is 1. The standard InChI is InChI=1S/C16H19N3O2S/c1-12-9-15(18-21-12)17-16(20)19-8-7-13(10-19)11-22-14-5-3-2-4-6-14/h2-6,9,13H,7-8,10-11H2,1H3,(H,17,18,20)/t13-/m1/s1. The average molecular weight is 317 g/mol. The Morgan fingerprint density at radius 3 is 3.00 bits per heavy atom. The van der Waals surface area contributed by atoms with Crippen LogP contribution in [0.15, 0.2) is 45.8 Å². The first-order valence-electron chi connectivity index (χ1n) is 7.38. The third kappa shape index (κ3) is 3.82. The fourth-order valence-electron chi connectivity index (χ4n) is 2.50. The van der Waals surface area contributed by atoms with Crippen LogP contribution in [-0.4, -0.2) is 34.9 Å². The van der Waals surface area contributed by atoms with Crippen molar-refractivity contribution in [2.75, 3.05) is 24.2 Å². The van der Waals surface area contributed by atoms with E-state index in [4.69, 9.17) is 4.52 Å². The molecule has 2 amide bonds. The second kappa shape index (κ2) is 6.87. The third-order valence-electron chi connectivity index (χ3n) is 3.66. The van der Waals surface area contributed by atoms with E-state index in [0.717, 1.165) is 25.3 Å². The van der Waals surface area contributed by atoms with Gasteiger partial charge in [0.15, 0.2) is 5.82 Å². The Balaban J connectivity index is 1.46. The van der Waals surface area contributed by atoms with Crippen molar-refractivity contribution < 1.29 is 9.32 Å². The van der Waals surface area contributed by atoms with Crippen LogP contribution in [0.4, 0.5) is 10.6 Å². The first kappa shape index (κ1) is 15.0. The zero-order valence-corrected chi connectivity index (χ0v) is 13.3. The van der Waals surface area contributed by atoms with Gasteiger partial charge in [0.1, 0.15) is 5.76 Å². The van der Waals surface area contributed by atoms with Gasteiger partial charge >= 0.3 is 6.03 Å². The van der Waals surface area contributed by atoms with E-state index in [1.54, 1.807) is 13.0 Å². The number of thioether (sulfide) groups is 1. The van der Waals surface area contributed by atoms with Gasteiger partial charge in [-0.2, -0.15) is 0 Å². The lowest BCUT2D eigenvalue weighted by Crippen LogP contribution is -2.33. The van der Waals surface area contributed by atoms with Crippen molar-refractivity contribution in [1.29, 1.82) is 0 Å². The van der Waals surface area contributed by atoms with E-state index in [2.05, 4.69) is 34.7 Å². The van der Waals surface area contributed by atoms with E-state index in [1.165, 1.54) is 4.90 Å². The number of amides is 2. The number of benzene rings is 1. The number of nitrogens with one attached hydrogen (secondary N) is 1. The zero-order valence-electron chi connectivity index (χ0n) is 12.5. The Bertz CT molecular complexity index is 629. The van der Waals surface area contributed by atoms with Gasteiger partial charge in [-0.15, -0.1) is 11.8 Å². The van der Waals surface area contributed by atoms with Crippen LogP contribution >= 0.6 is 11.8 Å². The van der Waals surface area contributed by atoms with Gasteiger partial charge < -0.3 is 9.42 Å². The second-order valence-electron chi connectivity index (χ2n) is 5.48. The molecule has 2 aromatic rings. The molecule has 0 aliphatic carbocycles. The number of hydrogen-bond donors (Lipinski definition) is 1. The van der Waals surface area contributed by atoms with Crippen molar-refractivity contribution in [3.63, 3.8) is 0 Å². The minimum absolute atomic E-state index is 0.0967. The van der Waals surface area contributed by atoms with Crippen LogP contribution in [0.25, 0.3) is 0 Å². The summed E-state index contributed by atoms with van der Waals surface area (Å²) in [6.45, 7) is 3.39. The van der Waals surface area contributed by atoms with E-state index < -0.39 is 0 Å². The molecule has 1 aliphatic heterocycles. The lowest BCUT2D eigenvalue weighted by molar-refractivity contribution is 0.221. The van der Waals surface area contributed by atoms with Gasteiger partial charge in [0.2, 0.25) is 0 Å². The molecule has 1 N–H and O–H groups in total. The highest BCUT2D eigenvalue weighted by Gasteiger charge is 2.26. The fourth-order valence-corrected chi connectivity index (χ4v) is 3.55. The van der Waals surface area contributed by atoms with E-state index in [1.807, 2.05) is 22.7 Å². The molecule has 6 heteroatoms. The molecule has 116 valence electrons. The summed E-state index contributed by atoms with van der Waals surface area (Å²) >= 11 is 1.85. The van der Waals surface area contributed by atoms with Gasteiger partial charge in [-0.3, -0.25) is 5.32 Å². The van der Waals surface area contributed by atoms with Crippen LogP contribution in [0.2, 0.25) is 0 Å². The second-order valence-corrected chi connectivity index (χ2v) is 6.57. The van der Waals surface area contributed by atoms with Crippen molar-refractivity contribution in [2.24, 2.45) is 5.92 Å². The van der Waals surface area contributed by atoms with Gasteiger partial charge in [-0.05, 0) is 31.4 Å². The Hall–Kier alpha value is -1.95. The number of likely N-dealkylation sites (tertiary alicyclic amines) is 1. The van der Waals surface area contributed by atoms with Gasteiger partial charge in [-0.1, -0.05) is 23.4 Å². The van der Waals surface area contributed by atoms with Crippen LogP contribution in [-0.2, 0) is 0 Å². The third-order valence-corrected chi connectivity index (χ3v) is 4.91. The molecule has 1 aliphatic rings. The Morgan fingerprint density at radius 2 is 2.27 bits per heavy atom. The molecule has 2 heterocycles. The highest BCUT2D eigenvalue weighted by Crippen LogP contribution is 2.26. The number of rotatable bonds is 4. The Morgan fingerprint density at radius 1 is 1.45 bits per heavy atom. The minimum atomic E-state index is -0.0967. The quantitative estimate of drug-likeness (QED) is 0.875. The number of aryl methyl sites for hydroxylation is 1. The van der Waals surface area contributed by atoms with Crippen molar-refractivity contribution in [2.45, 2.75) is 18.2 Å². The maximum Gasteiger partial charge on any atom is 0.323 e. The van der Waals surface area contributed by atoms with E-state index in [9.17, 15) is 4.79 Å². The van der Waals surface area contributed by atoms with Gasteiger partial charge in [-0.25, -0.2) is 4.79 Å². The van der Waals surface area contributed by atoms with Gasteiger partial charge in [0, 0.05) is 29.8 Å². The molecular weight excluding hydrogens is 298 g/mol. The molecule has 1 fully saturated rings. The predicted octanol–water partition coefficient (Wildman–Crippen LogP) is 3.63. The van der Waals surface area contributed by atoms with Crippen LogP contribution in [0.5, 0.6) is 0 Å². The Kier molecular flexibility index (Phi) is 4.68. The smallest absolute Gasteiger partial charge is 0.323 e. The first-order valence-corrected chi connectivity index (χ1v) is 8.36. The summed E-state index contributed by atoms with van der Waals surface area (Å²) < 4.78 is 4.95.